The molecule has 1 amide bonds. The van der Waals surface area contributed by atoms with Crippen LogP contribution in [0, 0.1) is 0 Å². The van der Waals surface area contributed by atoms with E-state index < -0.39 is 10.0 Å². The normalized spacial score (nSPS) is 14.6. The van der Waals surface area contributed by atoms with Crippen LogP contribution in [0.25, 0.3) is 16.7 Å². The number of carbonyl (C=O) groups excluding carboxylic acids is 1. The average Bonchev–Trinajstić information content (AvgIpc) is 3.50. The summed E-state index contributed by atoms with van der Waals surface area (Å²) in [6, 6.07) is 21.4. The van der Waals surface area contributed by atoms with Crippen LogP contribution in [0.1, 0.15) is 23.2 Å². The van der Waals surface area contributed by atoms with Gasteiger partial charge in [-0.25, -0.2) is 13.4 Å². The monoisotopic (exact) mass is 446 g/mol. The van der Waals surface area contributed by atoms with Crippen LogP contribution >= 0.6 is 0 Å². The molecule has 8 heteroatoms. The quantitative estimate of drug-likeness (QED) is 0.501. The van der Waals surface area contributed by atoms with Gasteiger partial charge in [0.1, 0.15) is 6.33 Å². The predicted molar refractivity (Wildman–Crippen MR) is 123 cm³/mol. The first kappa shape index (κ1) is 20.4. The predicted octanol–water partition coefficient (Wildman–Crippen LogP) is 4.06. The first-order valence-electron chi connectivity index (χ1n) is 10.5. The highest BCUT2D eigenvalue weighted by atomic mass is 32.2. The minimum Gasteiger partial charge on any atom is -0.322 e. The molecule has 0 bridgehead atoms. The molecule has 7 nitrogen and oxygen atoms in total. The minimum atomic E-state index is -3.46. The fourth-order valence-corrected chi connectivity index (χ4v) is 5.45. The van der Waals surface area contributed by atoms with E-state index in [4.69, 9.17) is 0 Å². The number of sulfonamides is 1. The van der Waals surface area contributed by atoms with Crippen LogP contribution < -0.4 is 5.32 Å². The van der Waals surface area contributed by atoms with Gasteiger partial charge in [-0.3, -0.25) is 9.36 Å². The third kappa shape index (κ3) is 3.79. The highest BCUT2D eigenvalue weighted by Crippen LogP contribution is 2.23. The Labute approximate surface area is 186 Å². The topological polar surface area (TPSA) is 84.3 Å². The van der Waals surface area contributed by atoms with E-state index in [0.717, 1.165) is 29.6 Å². The number of anilines is 1. The summed E-state index contributed by atoms with van der Waals surface area (Å²) in [7, 11) is -3.46. The molecular formula is C24H22N4O3S. The highest BCUT2D eigenvalue weighted by Gasteiger charge is 2.26. The summed E-state index contributed by atoms with van der Waals surface area (Å²) in [6.07, 6.45) is 3.55. The van der Waals surface area contributed by atoms with Gasteiger partial charge in [-0.05, 0) is 73.5 Å². The zero-order valence-electron chi connectivity index (χ0n) is 17.3. The van der Waals surface area contributed by atoms with Crippen molar-refractivity contribution in [1.82, 2.24) is 13.9 Å². The van der Waals surface area contributed by atoms with Crippen LogP contribution in [0.4, 0.5) is 5.69 Å². The number of hydrogen-bond acceptors (Lipinski definition) is 4. The average molecular weight is 447 g/mol. The molecule has 162 valence electrons. The van der Waals surface area contributed by atoms with E-state index in [1.54, 1.807) is 30.6 Å². The van der Waals surface area contributed by atoms with Crippen LogP contribution in [0.3, 0.4) is 0 Å². The Hall–Kier alpha value is -3.49. The number of imidazole rings is 1. The molecule has 0 saturated carbocycles. The summed E-state index contributed by atoms with van der Waals surface area (Å²) in [5.74, 6) is -0.262. The second-order valence-electron chi connectivity index (χ2n) is 7.74. The third-order valence-electron chi connectivity index (χ3n) is 5.68. The van der Waals surface area contributed by atoms with Crippen molar-refractivity contribution >= 4 is 32.7 Å². The van der Waals surface area contributed by atoms with Crippen molar-refractivity contribution in [3.63, 3.8) is 0 Å². The zero-order valence-corrected chi connectivity index (χ0v) is 18.1. The molecule has 3 aromatic carbocycles. The molecule has 1 aliphatic heterocycles. The van der Waals surface area contributed by atoms with Gasteiger partial charge < -0.3 is 5.32 Å². The van der Waals surface area contributed by atoms with Gasteiger partial charge in [-0.15, -0.1) is 0 Å². The Kier molecular flexibility index (Phi) is 5.24. The van der Waals surface area contributed by atoms with Gasteiger partial charge in [0.15, 0.2) is 0 Å². The van der Waals surface area contributed by atoms with E-state index in [9.17, 15) is 13.2 Å². The molecule has 1 fully saturated rings. The fraction of sp³-hybridized carbons (Fsp3) is 0.167. The molecule has 1 N–H and O–H groups in total. The van der Waals surface area contributed by atoms with Gasteiger partial charge in [0, 0.05) is 30.0 Å². The van der Waals surface area contributed by atoms with Crippen molar-refractivity contribution in [1.29, 1.82) is 0 Å². The van der Waals surface area contributed by atoms with E-state index in [1.807, 2.05) is 41.0 Å². The second kappa shape index (κ2) is 8.22. The van der Waals surface area contributed by atoms with E-state index >= 15 is 0 Å². The number of aromatic nitrogens is 2. The van der Waals surface area contributed by atoms with Crippen molar-refractivity contribution in [3.05, 3.63) is 84.7 Å². The zero-order chi connectivity index (χ0) is 22.1. The largest absolute Gasteiger partial charge is 0.322 e. The van der Waals surface area contributed by atoms with Crippen molar-refractivity contribution in [2.45, 2.75) is 17.7 Å². The maximum atomic E-state index is 12.7. The van der Waals surface area contributed by atoms with Gasteiger partial charge in [0.05, 0.1) is 15.9 Å². The number of hydrogen-bond donors (Lipinski definition) is 1. The molecule has 5 rings (SSSR count). The molecule has 0 spiro atoms. The Bertz CT molecular complexity index is 1370. The van der Waals surface area contributed by atoms with Gasteiger partial charge >= 0.3 is 0 Å². The van der Waals surface area contributed by atoms with Crippen LogP contribution in [-0.4, -0.2) is 41.3 Å². The van der Waals surface area contributed by atoms with Gasteiger partial charge in [0.25, 0.3) is 5.91 Å². The number of para-hydroxylation sites is 2. The first-order valence-corrected chi connectivity index (χ1v) is 11.9. The van der Waals surface area contributed by atoms with Crippen LogP contribution in [0.2, 0.25) is 0 Å². The molecule has 0 radical (unpaired) electrons. The fourth-order valence-electron chi connectivity index (χ4n) is 3.93. The molecule has 0 aliphatic carbocycles. The SMILES string of the molecule is O=C(Nc1ccc(S(=O)(=O)N2CCCC2)cc1)c1ccc(-n2cnc3ccccc32)cc1. The van der Waals surface area contributed by atoms with Crippen molar-refractivity contribution in [2.24, 2.45) is 0 Å². The number of rotatable bonds is 5. The van der Waals surface area contributed by atoms with Crippen LogP contribution in [0.15, 0.2) is 84.0 Å². The van der Waals surface area contributed by atoms with Crippen LogP contribution in [0.5, 0.6) is 0 Å². The smallest absolute Gasteiger partial charge is 0.255 e. The molecule has 2 heterocycles. The number of amides is 1. The molecule has 1 aliphatic rings. The third-order valence-corrected chi connectivity index (χ3v) is 7.59. The molecule has 32 heavy (non-hydrogen) atoms. The summed E-state index contributed by atoms with van der Waals surface area (Å²) >= 11 is 0. The number of nitrogens with zero attached hydrogens (tertiary/aromatic N) is 3. The number of fused-ring (bicyclic) bond motifs is 1. The van der Waals surface area contributed by atoms with E-state index in [1.165, 1.54) is 16.4 Å². The van der Waals surface area contributed by atoms with E-state index in [-0.39, 0.29) is 10.8 Å². The summed E-state index contributed by atoms with van der Waals surface area (Å²) in [6.45, 7) is 1.12. The Morgan fingerprint density at radius 2 is 1.56 bits per heavy atom. The lowest BCUT2D eigenvalue weighted by Crippen LogP contribution is -2.27. The lowest BCUT2D eigenvalue weighted by molar-refractivity contribution is 0.102. The lowest BCUT2D eigenvalue weighted by atomic mass is 10.2. The van der Waals surface area contributed by atoms with Gasteiger partial charge in [-0.2, -0.15) is 4.31 Å². The van der Waals surface area contributed by atoms with E-state index in [2.05, 4.69) is 10.3 Å². The van der Waals surface area contributed by atoms with E-state index in [0.29, 0.717) is 24.3 Å². The summed E-state index contributed by atoms with van der Waals surface area (Å²) < 4.78 is 28.7. The molecular weight excluding hydrogens is 424 g/mol. The second-order valence-corrected chi connectivity index (χ2v) is 9.68. The summed E-state index contributed by atoms with van der Waals surface area (Å²) in [5.41, 5.74) is 3.86. The highest BCUT2D eigenvalue weighted by molar-refractivity contribution is 7.89. The number of carbonyl (C=O) groups is 1. The molecule has 1 aromatic heterocycles. The number of benzene rings is 3. The first-order chi connectivity index (χ1) is 15.5. The standard InChI is InChI=1S/C24H22N4O3S/c29-24(26-19-9-13-21(14-10-19)32(30,31)27-15-3-4-16-27)18-7-11-20(12-8-18)28-17-25-22-5-1-2-6-23(22)28/h1-2,5-14,17H,3-4,15-16H2,(H,26,29). The minimum absolute atomic E-state index is 0.245. The van der Waals surface area contributed by atoms with Crippen molar-refractivity contribution in [3.8, 4) is 5.69 Å². The number of nitrogens with one attached hydrogen (secondary N) is 1. The van der Waals surface area contributed by atoms with Crippen LogP contribution in [-0.2, 0) is 10.0 Å². The van der Waals surface area contributed by atoms with Crippen molar-refractivity contribution < 1.29 is 13.2 Å². The van der Waals surface area contributed by atoms with Gasteiger partial charge in [-0.1, -0.05) is 12.1 Å². The lowest BCUT2D eigenvalue weighted by Gasteiger charge is -2.15. The Morgan fingerprint density at radius 1 is 0.875 bits per heavy atom. The molecule has 4 aromatic rings. The summed E-state index contributed by atoms with van der Waals surface area (Å²) in [4.78, 5) is 17.3. The maximum Gasteiger partial charge on any atom is 0.255 e. The molecule has 1 saturated heterocycles. The summed E-state index contributed by atoms with van der Waals surface area (Å²) in [5, 5.41) is 2.82. The Morgan fingerprint density at radius 3 is 2.28 bits per heavy atom. The maximum absolute atomic E-state index is 12.7. The molecule has 0 atom stereocenters. The Balaban J connectivity index is 1.30. The van der Waals surface area contributed by atoms with Gasteiger partial charge in [0.2, 0.25) is 10.0 Å². The van der Waals surface area contributed by atoms with Crippen molar-refractivity contribution in [2.75, 3.05) is 18.4 Å². The molecule has 0 unspecified atom stereocenters.